The van der Waals surface area contributed by atoms with Crippen LogP contribution in [0, 0.1) is 13.0 Å². The quantitative estimate of drug-likeness (QED) is 0.312. The highest BCUT2D eigenvalue weighted by Crippen LogP contribution is 2.15. The minimum atomic E-state index is -0.512. The summed E-state index contributed by atoms with van der Waals surface area (Å²) in [5.41, 5.74) is 1.18. The zero-order chi connectivity index (χ0) is 21.7. The number of Topliss-reactive ketones (excluding diaryl/α,β-unsaturated/α-hetero) is 1. The summed E-state index contributed by atoms with van der Waals surface area (Å²) in [6.45, 7) is 10.3. The molecule has 1 aromatic rings. The molecule has 0 saturated heterocycles. The summed E-state index contributed by atoms with van der Waals surface area (Å²) < 4.78 is 5.31. The van der Waals surface area contributed by atoms with Crippen LogP contribution in [0.2, 0.25) is 0 Å². The summed E-state index contributed by atoms with van der Waals surface area (Å²) in [6.07, 6.45) is 8.74. The molecule has 1 aromatic carbocycles. The third-order valence-corrected chi connectivity index (χ3v) is 4.37. The van der Waals surface area contributed by atoms with E-state index in [4.69, 9.17) is 4.74 Å². The van der Waals surface area contributed by atoms with Gasteiger partial charge in [-0.15, -0.1) is 0 Å². The van der Waals surface area contributed by atoms with Crippen LogP contribution in [0.25, 0.3) is 0 Å². The molecule has 0 aliphatic heterocycles. The van der Waals surface area contributed by atoms with Crippen molar-refractivity contribution in [1.29, 1.82) is 0 Å². The molecule has 0 unspecified atom stereocenters. The Bertz CT molecular complexity index is 606. The van der Waals surface area contributed by atoms with Gasteiger partial charge in [0.15, 0.2) is 5.78 Å². The van der Waals surface area contributed by atoms with E-state index in [0.29, 0.717) is 24.9 Å². The molecule has 29 heavy (non-hydrogen) atoms. The highest BCUT2D eigenvalue weighted by molar-refractivity contribution is 5.96. The first-order valence-corrected chi connectivity index (χ1v) is 10.7. The van der Waals surface area contributed by atoms with Gasteiger partial charge in [-0.25, -0.2) is 4.79 Å². The molecule has 0 saturated carbocycles. The van der Waals surface area contributed by atoms with Crippen molar-refractivity contribution < 1.29 is 14.3 Å². The van der Waals surface area contributed by atoms with Crippen molar-refractivity contribution in [1.82, 2.24) is 4.90 Å². The molecule has 1 N–H and O–H groups in total. The molecule has 5 nitrogen and oxygen atoms in total. The number of carbonyl (C=O) groups is 2. The Morgan fingerprint density at radius 2 is 1.72 bits per heavy atom. The number of rotatable bonds is 13. The molecule has 0 aromatic heterocycles. The second-order valence-electron chi connectivity index (χ2n) is 8.34. The summed E-state index contributed by atoms with van der Waals surface area (Å²) in [5.74, 6) is 0.0882. The SMILES string of the molecule is CC[CH]CCCC[CH]Nc1ccc(C(=O)CCCN(C)C(=O)OC(C)(C)C)cc1. The molecule has 1 amide bonds. The van der Waals surface area contributed by atoms with Crippen LogP contribution < -0.4 is 5.32 Å². The number of hydrogen-bond acceptors (Lipinski definition) is 4. The van der Waals surface area contributed by atoms with Crippen molar-refractivity contribution in [3.8, 4) is 0 Å². The van der Waals surface area contributed by atoms with Crippen molar-refractivity contribution in [3.05, 3.63) is 42.8 Å². The normalized spacial score (nSPS) is 11.2. The Balaban J connectivity index is 2.27. The molecular formula is C24H38N2O3. The van der Waals surface area contributed by atoms with Crippen LogP contribution in [0.3, 0.4) is 0 Å². The fourth-order valence-electron chi connectivity index (χ4n) is 2.73. The topological polar surface area (TPSA) is 58.6 Å². The number of amides is 1. The molecule has 0 heterocycles. The van der Waals surface area contributed by atoms with E-state index in [1.54, 1.807) is 7.05 Å². The van der Waals surface area contributed by atoms with Gasteiger partial charge < -0.3 is 15.0 Å². The maximum atomic E-state index is 12.4. The van der Waals surface area contributed by atoms with Gasteiger partial charge in [-0.2, -0.15) is 0 Å². The van der Waals surface area contributed by atoms with E-state index in [9.17, 15) is 9.59 Å². The Kier molecular flexibility index (Phi) is 11.4. The van der Waals surface area contributed by atoms with Crippen molar-refractivity contribution in [3.63, 3.8) is 0 Å². The zero-order valence-corrected chi connectivity index (χ0v) is 18.8. The number of benzene rings is 1. The average Bonchev–Trinajstić information content (AvgIpc) is 2.66. The van der Waals surface area contributed by atoms with Gasteiger partial charge in [0.1, 0.15) is 5.60 Å². The molecule has 0 fully saturated rings. The van der Waals surface area contributed by atoms with Crippen molar-refractivity contribution >= 4 is 17.6 Å². The van der Waals surface area contributed by atoms with Gasteiger partial charge in [0.2, 0.25) is 0 Å². The minimum Gasteiger partial charge on any atom is -0.444 e. The number of ketones is 1. The first-order valence-electron chi connectivity index (χ1n) is 10.7. The van der Waals surface area contributed by atoms with Gasteiger partial charge in [0.05, 0.1) is 0 Å². The zero-order valence-electron chi connectivity index (χ0n) is 18.8. The molecule has 2 radical (unpaired) electrons. The number of anilines is 1. The smallest absolute Gasteiger partial charge is 0.410 e. The predicted molar refractivity (Wildman–Crippen MR) is 120 cm³/mol. The van der Waals surface area contributed by atoms with Gasteiger partial charge in [-0.3, -0.25) is 4.79 Å². The van der Waals surface area contributed by atoms with E-state index in [0.717, 1.165) is 18.5 Å². The Morgan fingerprint density at radius 3 is 2.34 bits per heavy atom. The number of nitrogens with one attached hydrogen (secondary N) is 1. The van der Waals surface area contributed by atoms with Gasteiger partial charge in [0, 0.05) is 37.8 Å². The van der Waals surface area contributed by atoms with Crippen molar-refractivity contribution in [2.75, 3.05) is 18.9 Å². The number of ether oxygens (including phenoxy) is 1. The van der Waals surface area contributed by atoms with E-state index in [1.165, 1.54) is 24.2 Å². The van der Waals surface area contributed by atoms with Crippen molar-refractivity contribution in [2.24, 2.45) is 0 Å². The van der Waals surface area contributed by atoms with E-state index < -0.39 is 5.60 Å². The fraction of sp³-hybridized carbons (Fsp3) is 0.583. The Hall–Kier alpha value is -2.04. The second kappa shape index (κ2) is 13.2. The van der Waals surface area contributed by atoms with Crippen molar-refractivity contribution in [2.45, 2.75) is 78.2 Å². The summed E-state index contributed by atoms with van der Waals surface area (Å²) in [4.78, 5) is 25.8. The highest BCUT2D eigenvalue weighted by atomic mass is 16.6. The van der Waals surface area contributed by atoms with Crippen LogP contribution in [0.5, 0.6) is 0 Å². The Morgan fingerprint density at radius 1 is 1.07 bits per heavy atom. The number of nitrogens with zero attached hydrogens (tertiary/aromatic N) is 1. The van der Waals surface area contributed by atoms with Crippen LogP contribution in [-0.4, -0.2) is 36.0 Å². The lowest BCUT2D eigenvalue weighted by Crippen LogP contribution is -2.34. The molecule has 0 aliphatic rings. The molecule has 5 heteroatoms. The molecule has 1 rings (SSSR count). The maximum absolute atomic E-state index is 12.4. The van der Waals surface area contributed by atoms with Crippen LogP contribution >= 0.6 is 0 Å². The molecule has 0 spiro atoms. The number of unbranched alkanes of at least 4 members (excludes halogenated alkanes) is 5. The van der Waals surface area contributed by atoms with Crippen LogP contribution in [0.15, 0.2) is 24.3 Å². The van der Waals surface area contributed by atoms with Crippen LogP contribution in [0.1, 0.15) is 83.0 Å². The lowest BCUT2D eigenvalue weighted by molar-refractivity contribution is 0.0295. The van der Waals surface area contributed by atoms with Gasteiger partial charge >= 0.3 is 6.09 Å². The lowest BCUT2D eigenvalue weighted by atomic mass is 10.1. The van der Waals surface area contributed by atoms with E-state index in [2.05, 4.69) is 25.2 Å². The standard InChI is InChI=1S/C24H38N2O3/c1-6-7-8-9-10-11-18-25-21-16-14-20(15-17-21)22(27)13-12-19-26(5)23(28)29-24(2,3)4/h7,14-18,25H,6,8-13,19H2,1-5H3. The molecule has 0 aliphatic carbocycles. The van der Waals surface area contributed by atoms with Gasteiger partial charge in [-0.1, -0.05) is 32.6 Å². The molecule has 0 atom stereocenters. The first-order chi connectivity index (χ1) is 13.7. The predicted octanol–water partition coefficient (Wildman–Crippen LogP) is 6.26. The van der Waals surface area contributed by atoms with E-state index >= 15 is 0 Å². The second-order valence-corrected chi connectivity index (χ2v) is 8.34. The highest BCUT2D eigenvalue weighted by Gasteiger charge is 2.19. The van der Waals surface area contributed by atoms with E-state index in [1.807, 2.05) is 45.0 Å². The molecule has 162 valence electrons. The maximum Gasteiger partial charge on any atom is 0.410 e. The van der Waals surface area contributed by atoms with Crippen LogP contribution in [-0.2, 0) is 4.74 Å². The number of carbonyl (C=O) groups excluding carboxylic acids is 2. The minimum absolute atomic E-state index is 0.0882. The first kappa shape index (κ1) is 25.0. The lowest BCUT2D eigenvalue weighted by Gasteiger charge is -2.24. The average molecular weight is 403 g/mol. The van der Waals surface area contributed by atoms with E-state index in [-0.39, 0.29) is 11.9 Å². The Labute approximate surface area is 177 Å². The summed E-state index contributed by atoms with van der Waals surface area (Å²) in [7, 11) is 1.69. The summed E-state index contributed by atoms with van der Waals surface area (Å²) in [5, 5.41) is 3.29. The fourth-order valence-corrected chi connectivity index (χ4v) is 2.73. The van der Waals surface area contributed by atoms with Gasteiger partial charge in [-0.05, 0) is 64.3 Å². The molecular weight excluding hydrogens is 364 g/mol. The molecule has 0 bridgehead atoms. The van der Waals surface area contributed by atoms with Gasteiger partial charge in [0.25, 0.3) is 0 Å². The largest absolute Gasteiger partial charge is 0.444 e. The summed E-state index contributed by atoms with van der Waals surface area (Å²) >= 11 is 0. The monoisotopic (exact) mass is 402 g/mol. The van der Waals surface area contributed by atoms with Crippen LogP contribution in [0.4, 0.5) is 10.5 Å². The third-order valence-electron chi connectivity index (χ3n) is 4.37. The third kappa shape index (κ3) is 11.5. The number of hydrogen-bond donors (Lipinski definition) is 1. The summed E-state index contributed by atoms with van der Waals surface area (Å²) in [6, 6.07) is 7.57.